The maximum Gasteiger partial charge on any atom is 0.257 e. The summed E-state index contributed by atoms with van der Waals surface area (Å²) in [6.07, 6.45) is 1.66. The highest BCUT2D eigenvalue weighted by molar-refractivity contribution is 7.15. The molecule has 0 bridgehead atoms. The van der Waals surface area contributed by atoms with E-state index in [0.29, 0.717) is 10.7 Å². The average molecular weight is 265 g/mol. The molecule has 0 aliphatic rings. The fourth-order valence-electron chi connectivity index (χ4n) is 1.41. The fraction of sp³-hybridized carbons (Fsp3) is 0.167. The van der Waals surface area contributed by atoms with E-state index >= 15 is 0 Å². The number of thiazole rings is 1. The molecule has 0 spiro atoms. The van der Waals surface area contributed by atoms with Crippen molar-refractivity contribution in [3.63, 3.8) is 0 Å². The van der Waals surface area contributed by atoms with Crippen LogP contribution in [0.2, 0.25) is 0 Å². The van der Waals surface area contributed by atoms with Gasteiger partial charge in [-0.15, -0.1) is 11.3 Å². The normalized spacial score (nSPS) is 10.4. The van der Waals surface area contributed by atoms with Crippen LogP contribution in [0.3, 0.4) is 0 Å². The Labute approximate surface area is 108 Å². The molecule has 3 N–H and O–H groups in total. The lowest BCUT2D eigenvalue weighted by Gasteiger charge is -2.06. The average Bonchev–Trinajstić information content (AvgIpc) is 2.71. The highest BCUT2D eigenvalue weighted by Crippen LogP contribution is 2.20. The summed E-state index contributed by atoms with van der Waals surface area (Å²) in [4.78, 5) is 16.9. The van der Waals surface area contributed by atoms with E-state index < -0.39 is 11.7 Å². The molecule has 2 rings (SSSR count). The van der Waals surface area contributed by atoms with Gasteiger partial charge in [0.1, 0.15) is 5.82 Å². The van der Waals surface area contributed by atoms with Crippen LogP contribution in [-0.2, 0) is 0 Å². The third kappa shape index (κ3) is 2.48. The minimum Gasteiger partial charge on any atom is -0.398 e. The van der Waals surface area contributed by atoms with E-state index in [1.807, 2.05) is 6.92 Å². The molecule has 0 saturated heterocycles. The van der Waals surface area contributed by atoms with E-state index in [9.17, 15) is 9.18 Å². The number of nitrogens with one attached hydrogen (secondary N) is 1. The lowest BCUT2D eigenvalue weighted by atomic mass is 10.1. The molecular formula is C12H12FN3OS. The van der Waals surface area contributed by atoms with Gasteiger partial charge < -0.3 is 5.73 Å². The van der Waals surface area contributed by atoms with Crippen molar-refractivity contribution in [1.29, 1.82) is 0 Å². The van der Waals surface area contributed by atoms with Crippen LogP contribution in [0.4, 0.5) is 15.2 Å². The second-order valence-electron chi connectivity index (χ2n) is 3.90. The molecule has 4 nitrogen and oxygen atoms in total. The van der Waals surface area contributed by atoms with E-state index in [1.54, 1.807) is 13.1 Å². The number of carbonyl (C=O) groups excluding carboxylic acids is 1. The number of nitrogens with two attached hydrogens (primary N) is 1. The van der Waals surface area contributed by atoms with E-state index in [-0.39, 0.29) is 11.3 Å². The molecule has 1 amide bonds. The number of nitrogens with zero attached hydrogens (tertiary/aromatic N) is 1. The van der Waals surface area contributed by atoms with Crippen LogP contribution in [0.15, 0.2) is 18.3 Å². The largest absolute Gasteiger partial charge is 0.398 e. The van der Waals surface area contributed by atoms with Crippen molar-refractivity contribution in [2.75, 3.05) is 11.1 Å². The smallest absolute Gasteiger partial charge is 0.257 e. The van der Waals surface area contributed by atoms with Crippen molar-refractivity contribution in [1.82, 2.24) is 4.98 Å². The van der Waals surface area contributed by atoms with Crippen molar-refractivity contribution >= 4 is 28.1 Å². The summed E-state index contributed by atoms with van der Waals surface area (Å²) in [5.74, 6) is -0.912. The van der Waals surface area contributed by atoms with Gasteiger partial charge in [-0.25, -0.2) is 9.37 Å². The number of benzene rings is 1. The zero-order chi connectivity index (χ0) is 13.3. The predicted octanol–water partition coefficient (Wildman–Crippen LogP) is 2.73. The van der Waals surface area contributed by atoms with Gasteiger partial charge in [0.05, 0.1) is 0 Å². The third-order valence-corrected chi connectivity index (χ3v) is 3.32. The number of anilines is 2. The Morgan fingerprint density at radius 3 is 2.72 bits per heavy atom. The molecule has 6 heteroatoms. The molecular weight excluding hydrogens is 253 g/mol. The van der Waals surface area contributed by atoms with Crippen molar-refractivity contribution in [3.05, 3.63) is 40.2 Å². The van der Waals surface area contributed by atoms with Gasteiger partial charge in [0.15, 0.2) is 5.13 Å². The fourth-order valence-corrected chi connectivity index (χ4v) is 2.07. The second-order valence-corrected chi connectivity index (χ2v) is 5.14. The van der Waals surface area contributed by atoms with Gasteiger partial charge in [0, 0.05) is 27.9 Å². The number of aromatic nitrogens is 1. The van der Waals surface area contributed by atoms with E-state index in [2.05, 4.69) is 10.3 Å². The zero-order valence-corrected chi connectivity index (χ0v) is 10.8. The van der Waals surface area contributed by atoms with E-state index in [4.69, 9.17) is 5.73 Å². The molecule has 94 valence electrons. The first-order chi connectivity index (χ1) is 8.47. The molecule has 1 heterocycles. The monoisotopic (exact) mass is 265 g/mol. The molecule has 18 heavy (non-hydrogen) atoms. The van der Waals surface area contributed by atoms with Crippen LogP contribution < -0.4 is 11.1 Å². The van der Waals surface area contributed by atoms with Crippen molar-refractivity contribution in [3.8, 4) is 0 Å². The summed E-state index contributed by atoms with van der Waals surface area (Å²) in [5, 5.41) is 3.08. The Bertz CT molecular complexity index is 586. The highest BCUT2D eigenvalue weighted by atomic mass is 32.1. The van der Waals surface area contributed by atoms with Gasteiger partial charge in [-0.2, -0.15) is 0 Å². The first-order valence-corrected chi connectivity index (χ1v) is 6.08. The summed E-state index contributed by atoms with van der Waals surface area (Å²) in [5.41, 5.74) is 6.41. The molecule has 0 saturated carbocycles. The van der Waals surface area contributed by atoms with Gasteiger partial charge in [-0.1, -0.05) is 0 Å². The molecule has 0 radical (unpaired) electrons. The summed E-state index contributed by atoms with van der Waals surface area (Å²) in [7, 11) is 0. The van der Waals surface area contributed by atoms with Crippen LogP contribution in [0.1, 0.15) is 20.8 Å². The van der Waals surface area contributed by atoms with Gasteiger partial charge in [0.2, 0.25) is 0 Å². The standard InChI is InChI=1S/C12H12FN3OS/c1-6-5-15-12(18-6)16-11(17)8-3-9(13)7(2)10(14)4-8/h3-5H,14H2,1-2H3,(H,15,16,17). The van der Waals surface area contributed by atoms with Gasteiger partial charge in [-0.3, -0.25) is 10.1 Å². The number of halogens is 1. The van der Waals surface area contributed by atoms with Crippen LogP contribution in [-0.4, -0.2) is 10.9 Å². The Morgan fingerprint density at radius 1 is 1.44 bits per heavy atom. The molecule has 0 aliphatic heterocycles. The molecule has 0 atom stereocenters. The van der Waals surface area contributed by atoms with Crippen LogP contribution in [0.25, 0.3) is 0 Å². The number of carbonyl (C=O) groups is 1. The topological polar surface area (TPSA) is 68.0 Å². The molecule has 0 aliphatic carbocycles. The van der Waals surface area contributed by atoms with Crippen molar-refractivity contribution in [2.24, 2.45) is 0 Å². The van der Waals surface area contributed by atoms with Crippen LogP contribution >= 0.6 is 11.3 Å². The highest BCUT2D eigenvalue weighted by Gasteiger charge is 2.12. The van der Waals surface area contributed by atoms with E-state index in [1.165, 1.54) is 23.5 Å². The molecule has 0 unspecified atom stereocenters. The lowest BCUT2D eigenvalue weighted by Crippen LogP contribution is -2.13. The Balaban J connectivity index is 2.24. The third-order valence-electron chi connectivity index (χ3n) is 2.49. The molecule has 0 fully saturated rings. The van der Waals surface area contributed by atoms with Crippen LogP contribution in [0.5, 0.6) is 0 Å². The van der Waals surface area contributed by atoms with E-state index in [0.717, 1.165) is 4.88 Å². The number of nitrogen functional groups attached to an aromatic ring is 1. The van der Waals surface area contributed by atoms with Crippen molar-refractivity contribution in [2.45, 2.75) is 13.8 Å². The number of rotatable bonds is 2. The number of aryl methyl sites for hydroxylation is 1. The molecule has 2 aromatic rings. The predicted molar refractivity (Wildman–Crippen MR) is 70.4 cm³/mol. The Morgan fingerprint density at radius 2 is 2.17 bits per heavy atom. The Kier molecular flexibility index (Phi) is 3.29. The molecule has 1 aromatic carbocycles. The maximum absolute atomic E-state index is 13.5. The zero-order valence-electron chi connectivity index (χ0n) is 9.95. The minimum absolute atomic E-state index is 0.184. The maximum atomic E-state index is 13.5. The number of hydrogen-bond donors (Lipinski definition) is 2. The Hall–Kier alpha value is -1.95. The van der Waals surface area contributed by atoms with Crippen LogP contribution in [0, 0.1) is 19.7 Å². The van der Waals surface area contributed by atoms with Crippen molar-refractivity contribution < 1.29 is 9.18 Å². The first-order valence-electron chi connectivity index (χ1n) is 5.27. The summed E-state index contributed by atoms with van der Waals surface area (Å²) >= 11 is 1.35. The number of hydrogen-bond acceptors (Lipinski definition) is 4. The van der Waals surface area contributed by atoms with Gasteiger partial charge in [0.25, 0.3) is 5.91 Å². The summed E-state index contributed by atoms with van der Waals surface area (Å²) < 4.78 is 13.5. The summed E-state index contributed by atoms with van der Waals surface area (Å²) in [6, 6.07) is 2.62. The molecule has 1 aromatic heterocycles. The second kappa shape index (κ2) is 4.73. The SMILES string of the molecule is Cc1cnc(NC(=O)c2cc(N)c(C)c(F)c2)s1. The summed E-state index contributed by atoms with van der Waals surface area (Å²) in [6.45, 7) is 3.45. The number of amides is 1. The van der Waals surface area contributed by atoms with Gasteiger partial charge in [-0.05, 0) is 26.0 Å². The van der Waals surface area contributed by atoms with Gasteiger partial charge >= 0.3 is 0 Å². The lowest BCUT2D eigenvalue weighted by molar-refractivity contribution is 0.102. The quantitative estimate of drug-likeness (QED) is 0.820. The first kappa shape index (κ1) is 12.5. The minimum atomic E-state index is -0.490.